The van der Waals surface area contributed by atoms with Crippen LogP contribution in [-0.2, 0) is 6.54 Å². The van der Waals surface area contributed by atoms with Gasteiger partial charge in [-0.3, -0.25) is 0 Å². The number of nitrogens with zero attached hydrogens (tertiary/aromatic N) is 2. The lowest BCUT2D eigenvalue weighted by Gasteiger charge is -2.27. The van der Waals surface area contributed by atoms with Crippen LogP contribution < -0.4 is 5.73 Å². The third kappa shape index (κ3) is 2.77. The maximum absolute atomic E-state index is 6.12. The van der Waals surface area contributed by atoms with E-state index in [-0.39, 0.29) is 0 Å². The summed E-state index contributed by atoms with van der Waals surface area (Å²) in [5.74, 6) is 0.692. The first-order valence-electron chi connectivity index (χ1n) is 7.36. The second-order valence-electron chi connectivity index (χ2n) is 5.36. The Morgan fingerprint density at radius 1 is 1.00 bits per heavy atom. The summed E-state index contributed by atoms with van der Waals surface area (Å²) in [5, 5.41) is 2.53. The molecule has 1 aliphatic rings. The minimum Gasteiger partial charge on any atom is -0.370 e. The van der Waals surface area contributed by atoms with Gasteiger partial charge in [-0.05, 0) is 35.6 Å². The smallest absolute Gasteiger partial charge is 0.191 e. The summed E-state index contributed by atoms with van der Waals surface area (Å²) in [4.78, 5) is 6.79. The van der Waals surface area contributed by atoms with Crippen molar-refractivity contribution in [1.82, 2.24) is 4.90 Å². The van der Waals surface area contributed by atoms with Crippen LogP contribution in [0.3, 0.4) is 0 Å². The molecule has 0 radical (unpaired) electrons. The summed E-state index contributed by atoms with van der Waals surface area (Å²) in [6.45, 7) is 2.75. The monoisotopic (exact) mass is 267 g/mol. The average Bonchev–Trinajstić information content (AvgIpc) is 2.53. The van der Waals surface area contributed by atoms with Crippen LogP contribution in [0.15, 0.2) is 47.5 Å². The minimum absolute atomic E-state index is 0.656. The van der Waals surface area contributed by atoms with Gasteiger partial charge >= 0.3 is 0 Å². The molecule has 0 atom stereocenters. The van der Waals surface area contributed by atoms with Gasteiger partial charge in [-0.1, -0.05) is 42.5 Å². The molecule has 3 nitrogen and oxygen atoms in total. The second kappa shape index (κ2) is 5.95. The number of rotatable bonds is 2. The van der Waals surface area contributed by atoms with Gasteiger partial charge in [0.2, 0.25) is 0 Å². The molecule has 0 spiro atoms. The normalized spacial score (nSPS) is 16.6. The van der Waals surface area contributed by atoms with Crippen LogP contribution >= 0.6 is 0 Å². The molecule has 2 aromatic rings. The van der Waals surface area contributed by atoms with Gasteiger partial charge in [0.25, 0.3) is 0 Å². The minimum atomic E-state index is 0.656. The van der Waals surface area contributed by atoms with Gasteiger partial charge in [0.15, 0.2) is 5.96 Å². The zero-order valence-electron chi connectivity index (χ0n) is 11.8. The Labute approximate surface area is 120 Å². The van der Waals surface area contributed by atoms with Gasteiger partial charge < -0.3 is 10.6 Å². The number of guanidine groups is 1. The van der Waals surface area contributed by atoms with Crippen molar-refractivity contribution in [2.24, 2.45) is 10.7 Å². The molecule has 1 fully saturated rings. The lowest BCUT2D eigenvalue weighted by atomic mass is 10.0. The molecule has 104 valence electrons. The molecule has 0 aliphatic carbocycles. The van der Waals surface area contributed by atoms with Crippen molar-refractivity contribution in [3.8, 4) is 0 Å². The van der Waals surface area contributed by atoms with Gasteiger partial charge in [0, 0.05) is 13.1 Å². The fourth-order valence-corrected chi connectivity index (χ4v) is 2.82. The number of likely N-dealkylation sites (tertiary alicyclic amines) is 1. The first-order chi connectivity index (χ1) is 9.84. The van der Waals surface area contributed by atoms with Crippen LogP contribution in [0.1, 0.15) is 24.8 Å². The number of piperidine rings is 1. The topological polar surface area (TPSA) is 41.6 Å². The summed E-state index contributed by atoms with van der Waals surface area (Å²) in [6.07, 6.45) is 3.77. The van der Waals surface area contributed by atoms with Gasteiger partial charge in [-0.2, -0.15) is 0 Å². The van der Waals surface area contributed by atoms with Crippen LogP contribution in [0.4, 0.5) is 0 Å². The highest BCUT2D eigenvalue weighted by molar-refractivity contribution is 5.86. The molecule has 0 bridgehead atoms. The molecule has 2 aromatic carbocycles. The van der Waals surface area contributed by atoms with E-state index in [1.165, 1.54) is 35.6 Å². The van der Waals surface area contributed by atoms with Gasteiger partial charge in [0.05, 0.1) is 6.54 Å². The Morgan fingerprint density at radius 2 is 1.75 bits per heavy atom. The van der Waals surface area contributed by atoms with Crippen molar-refractivity contribution in [1.29, 1.82) is 0 Å². The summed E-state index contributed by atoms with van der Waals surface area (Å²) in [6, 6.07) is 14.8. The Hall–Kier alpha value is -2.03. The van der Waals surface area contributed by atoms with E-state index < -0.39 is 0 Å². The number of hydrogen-bond donors (Lipinski definition) is 1. The predicted octanol–water partition coefficient (Wildman–Crippen LogP) is 3.14. The van der Waals surface area contributed by atoms with Crippen LogP contribution in [0.25, 0.3) is 10.8 Å². The third-order valence-electron chi connectivity index (χ3n) is 3.97. The van der Waals surface area contributed by atoms with E-state index in [0.29, 0.717) is 12.5 Å². The van der Waals surface area contributed by atoms with Crippen molar-refractivity contribution in [3.05, 3.63) is 48.0 Å². The molecule has 0 aromatic heterocycles. The fourth-order valence-electron chi connectivity index (χ4n) is 2.82. The van der Waals surface area contributed by atoms with E-state index in [1.54, 1.807) is 0 Å². The second-order valence-corrected chi connectivity index (χ2v) is 5.36. The van der Waals surface area contributed by atoms with Crippen LogP contribution in [0.2, 0.25) is 0 Å². The highest BCUT2D eigenvalue weighted by Gasteiger charge is 2.11. The van der Waals surface area contributed by atoms with E-state index >= 15 is 0 Å². The molecule has 0 unspecified atom stereocenters. The molecular formula is C17H21N3. The van der Waals surface area contributed by atoms with Crippen molar-refractivity contribution in [2.75, 3.05) is 13.1 Å². The molecule has 1 saturated heterocycles. The molecule has 0 saturated carbocycles. The lowest BCUT2D eigenvalue weighted by Crippen LogP contribution is -2.40. The highest BCUT2D eigenvalue weighted by Crippen LogP contribution is 2.19. The molecule has 2 N–H and O–H groups in total. The molecule has 0 amide bonds. The quantitative estimate of drug-likeness (QED) is 0.671. The molecule has 20 heavy (non-hydrogen) atoms. The summed E-state index contributed by atoms with van der Waals surface area (Å²) < 4.78 is 0. The van der Waals surface area contributed by atoms with Gasteiger partial charge in [-0.25, -0.2) is 4.99 Å². The summed E-state index contributed by atoms with van der Waals surface area (Å²) >= 11 is 0. The van der Waals surface area contributed by atoms with Crippen molar-refractivity contribution in [2.45, 2.75) is 25.8 Å². The van der Waals surface area contributed by atoms with Gasteiger partial charge in [-0.15, -0.1) is 0 Å². The molecule has 3 rings (SSSR count). The Morgan fingerprint density at radius 3 is 2.60 bits per heavy atom. The Balaban J connectivity index is 1.79. The number of benzene rings is 2. The van der Waals surface area contributed by atoms with E-state index in [9.17, 15) is 0 Å². The summed E-state index contributed by atoms with van der Waals surface area (Å²) in [5.41, 5.74) is 7.36. The van der Waals surface area contributed by atoms with Crippen LogP contribution in [-0.4, -0.2) is 23.9 Å². The van der Waals surface area contributed by atoms with Crippen LogP contribution in [0, 0.1) is 0 Å². The van der Waals surface area contributed by atoms with Gasteiger partial charge in [0.1, 0.15) is 0 Å². The van der Waals surface area contributed by atoms with E-state index in [4.69, 9.17) is 5.73 Å². The Kier molecular flexibility index (Phi) is 3.86. The number of hydrogen-bond acceptors (Lipinski definition) is 1. The zero-order valence-corrected chi connectivity index (χ0v) is 11.8. The van der Waals surface area contributed by atoms with Crippen molar-refractivity contribution in [3.63, 3.8) is 0 Å². The SMILES string of the molecule is NC(=NCc1cccc2ccccc12)N1CCCCC1. The maximum atomic E-state index is 6.12. The van der Waals surface area contributed by atoms with E-state index in [1.807, 2.05) is 0 Å². The van der Waals surface area contributed by atoms with Crippen molar-refractivity contribution < 1.29 is 0 Å². The first kappa shape index (κ1) is 13.0. The zero-order chi connectivity index (χ0) is 13.8. The van der Waals surface area contributed by atoms with Crippen LogP contribution in [0.5, 0.6) is 0 Å². The molecule has 3 heteroatoms. The number of nitrogens with two attached hydrogens (primary N) is 1. The number of fused-ring (bicyclic) bond motifs is 1. The highest BCUT2D eigenvalue weighted by atomic mass is 15.2. The standard InChI is InChI=1S/C17H21N3/c18-17(20-11-4-1-5-12-20)19-13-15-9-6-8-14-7-2-3-10-16(14)15/h2-3,6-10H,1,4-5,11-13H2,(H2,18,19). The number of aliphatic imine (C=N–C) groups is 1. The molecule has 1 heterocycles. The average molecular weight is 267 g/mol. The third-order valence-corrected chi connectivity index (χ3v) is 3.97. The Bertz CT molecular complexity index is 607. The summed E-state index contributed by atoms with van der Waals surface area (Å²) in [7, 11) is 0. The fraction of sp³-hybridized carbons (Fsp3) is 0.353. The molecular weight excluding hydrogens is 246 g/mol. The lowest BCUT2D eigenvalue weighted by molar-refractivity contribution is 0.338. The van der Waals surface area contributed by atoms with Crippen molar-refractivity contribution >= 4 is 16.7 Å². The first-order valence-corrected chi connectivity index (χ1v) is 7.36. The molecule has 1 aliphatic heterocycles. The van der Waals surface area contributed by atoms with E-state index in [2.05, 4.69) is 52.4 Å². The van der Waals surface area contributed by atoms with E-state index in [0.717, 1.165) is 13.1 Å². The maximum Gasteiger partial charge on any atom is 0.191 e. The largest absolute Gasteiger partial charge is 0.370 e. The predicted molar refractivity (Wildman–Crippen MR) is 84.7 cm³/mol.